The zero-order valence-corrected chi connectivity index (χ0v) is 31.5. The summed E-state index contributed by atoms with van der Waals surface area (Å²) in [6.07, 6.45) is -12.9. The maximum atomic E-state index is 13.8. The van der Waals surface area contributed by atoms with E-state index in [4.69, 9.17) is 0 Å². The summed E-state index contributed by atoms with van der Waals surface area (Å²) in [5.74, 6) is 0. The number of alkyl halides is 12. The van der Waals surface area contributed by atoms with Crippen LogP contribution >= 0.6 is 0 Å². The Kier molecular flexibility index (Phi) is 8.87. The van der Waals surface area contributed by atoms with Crippen molar-refractivity contribution in [3.63, 3.8) is 0 Å². The zero-order chi connectivity index (χ0) is 38.4. The molecule has 0 saturated heterocycles. The molecule has 0 bridgehead atoms. The molecule has 52 heavy (non-hydrogen) atoms. The van der Waals surface area contributed by atoms with Gasteiger partial charge in [-0.25, -0.2) is 0 Å². The Morgan fingerprint density at radius 1 is 0.481 bits per heavy atom. The van der Waals surface area contributed by atoms with E-state index in [2.05, 4.69) is 9.36 Å². The molecule has 4 aromatic rings. The topological polar surface area (TPSA) is 0 Å². The molecule has 2 aliphatic rings. The van der Waals surface area contributed by atoms with Crippen molar-refractivity contribution in [2.24, 2.45) is 0 Å². The van der Waals surface area contributed by atoms with Gasteiger partial charge in [0, 0.05) is 0 Å². The molecular formula is C39H30F12Hf. The number of benzene rings is 4. The minimum absolute atomic E-state index is 0.0805. The molecule has 2 atom stereocenters. The van der Waals surface area contributed by atoms with Gasteiger partial charge in [0.15, 0.2) is 0 Å². The Bertz CT molecular complexity index is 2020. The third-order valence-corrected chi connectivity index (χ3v) is 39.9. The van der Waals surface area contributed by atoms with Crippen molar-refractivity contribution >= 4 is 15.4 Å². The summed E-state index contributed by atoms with van der Waals surface area (Å²) in [4.78, 5) is 0. The number of halogens is 12. The molecule has 0 amide bonds. The average molecular weight is 905 g/mol. The zero-order valence-electron chi connectivity index (χ0n) is 27.9. The number of hydrogen-bond donors (Lipinski definition) is 0. The molecule has 0 spiro atoms. The van der Waals surface area contributed by atoms with Gasteiger partial charge >= 0.3 is 293 Å². The predicted molar refractivity (Wildman–Crippen MR) is 175 cm³/mol. The number of fused-ring (bicyclic) bond motifs is 2. The minimum atomic E-state index is -5.03. The van der Waals surface area contributed by atoms with Crippen LogP contribution in [0.15, 0.2) is 84.9 Å². The van der Waals surface area contributed by atoms with Crippen molar-refractivity contribution in [3.05, 3.63) is 129 Å². The van der Waals surface area contributed by atoms with Crippen molar-refractivity contribution in [2.75, 3.05) is 0 Å². The fraction of sp³-hybridized carbons (Fsp3) is 0.256. The van der Waals surface area contributed by atoms with Crippen LogP contribution in [0.2, 0.25) is 9.36 Å². The third kappa shape index (κ3) is 6.34. The molecule has 13 heteroatoms. The van der Waals surface area contributed by atoms with Crippen molar-refractivity contribution < 1.29 is 70.7 Å². The van der Waals surface area contributed by atoms with Gasteiger partial charge < -0.3 is 0 Å². The summed E-state index contributed by atoms with van der Waals surface area (Å²) in [6, 6.07) is 12.7. The van der Waals surface area contributed by atoms with Crippen LogP contribution in [0.4, 0.5) is 52.7 Å². The summed E-state index contributed by atoms with van der Waals surface area (Å²) in [5.41, 5.74) is -3.47. The van der Waals surface area contributed by atoms with Gasteiger partial charge in [-0.3, -0.25) is 0 Å². The molecule has 0 heterocycles. The number of hydrogen-bond acceptors (Lipinski definition) is 0. The molecule has 4 aromatic carbocycles. The van der Waals surface area contributed by atoms with Crippen molar-refractivity contribution in [3.8, 4) is 22.3 Å². The predicted octanol–water partition coefficient (Wildman–Crippen LogP) is 13.9. The Morgan fingerprint density at radius 2 is 0.788 bits per heavy atom. The first-order chi connectivity index (χ1) is 23.8. The Labute approximate surface area is 292 Å². The second-order valence-electron chi connectivity index (χ2n) is 14.5. The second kappa shape index (κ2) is 12.1. The summed E-state index contributed by atoms with van der Waals surface area (Å²) in [6.45, 7) is 3.93. The van der Waals surface area contributed by atoms with Crippen LogP contribution in [0.3, 0.4) is 0 Å². The van der Waals surface area contributed by atoms with E-state index in [0.29, 0.717) is 35.4 Å². The molecule has 0 saturated carbocycles. The van der Waals surface area contributed by atoms with E-state index in [1.165, 1.54) is 12.1 Å². The summed E-state index contributed by atoms with van der Waals surface area (Å²) in [7, 11) is 0. The van der Waals surface area contributed by atoms with Gasteiger partial charge in [0.05, 0.1) is 0 Å². The first kappa shape index (κ1) is 38.0. The molecule has 2 unspecified atom stereocenters. The number of rotatable bonds is 4. The summed E-state index contributed by atoms with van der Waals surface area (Å²) in [5, 5.41) is 0. The monoisotopic (exact) mass is 906 g/mol. The van der Waals surface area contributed by atoms with E-state index in [1.54, 1.807) is 36.4 Å². The van der Waals surface area contributed by atoms with Gasteiger partial charge in [0.25, 0.3) is 0 Å². The molecule has 0 N–H and O–H groups in total. The van der Waals surface area contributed by atoms with E-state index in [-0.39, 0.29) is 41.7 Å². The average Bonchev–Trinajstić information content (AvgIpc) is 3.69. The Balaban J connectivity index is 1.50. The summed E-state index contributed by atoms with van der Waals surface area (Å²) < 4.78 is 170. The Hall–Kier alpha value is -3.74. The molecule has 0 radical (unpaired) electrons. The normalized spacial score (nSPS) is 17.8. The molecule has 0 aliphatic heterocycles. The number of allylic oxidation sites excluding steroid dienone is 2. The van der Waals surface area contributed by atoms with Crippen molar-refractivity contribution in [2.45, 2.75) is 55.3 Å². The van der Waals surface area contributed by atoms with E-state index in [1.807, 2.05) is 26.0 Å². The van der Waals surface area contributed by atoms with E-state index in [9.17, 15) is 52.7 Å². The third-order valence-electron chi connectivity index (χ3n) is 11.1. The van der Waals surface area contributed by atoms with Crippen molar-refractivity contribution in [1.29, 1.82) is 0 Å². The van der Waals surface area contributed by atoms with Gasteiger partial charge in [-0.15, -0.1) is 0 Å². The first-order valence-corrected chi connectivity index (χ1v) is 29.2. The molecule has 6 rings (SSSR count). The quantitative estimate of drug-likeness (QED) is 0.141. The van der Waals surface area contributed by atoms with Gasteiger partial charge in [-0.2, -0.15) is 0 Å². The van der Waals surface area contributed by atoms with Crippen LogP contribution < -0.4 is 0 Å². The molecule has 274 valence electrons. The van der Waals surface area contributed by atoms with Crippen LogP contribution in [-0.4, -0.2) is 3.26 Å². The van der Waals surface area contributed by atoms with Crippen LogP contribution in [0.1, 0.15) is 65.7 Å². The molecule has 0 fully saturated rings. The summed E-state index contributed by atoms with van der Waals surface area (Å²) >= 11 is -4.76. The van der Waals surface area contributed by atoms with Crippen LogP contribution in [0.25, 0.3) is 34.4 Å². The van der Waals surface area contributed by atoms with Crippen LogP contribution in [0.5, 0.6) is 0 Å². The first-order valence-electron chi connectivity index (χ1n) is 16.0. The second-order valence-corrected chi connectivity index (χ2v) is 41.3. The van der Waals surface area contributed by atoms with Gasteiger partial charge in [-0.05, 0) is 0 Å². The molecule has 0 aromatic heterocycles. The maximum absolute atomic E-state index is 13.8. The van der Waals surface area contributed by atoms with E-state index < -0.39 is 65.0 Å². The molecular weight excluding hydrogens is 875 g/mol. The fourth-order valence-electron chi connectivity index (χ4n) is 7.76. The fourth-order valence-corrected chi connectivity index (χ4v) is 27.3. The van der Waals surface area contributed by atoms with Crippen LogP contribution in [0, 0.1) is 0 Å². The van der Waals surface area contributed by atoms with Crippen molar-refractivity contribution in [1.82, 2.24) is 0 Å². The van der Waals surface area contributed by atoms with Gasteiger partial charge in [-0.1, -0.05) is 0 Å². The van der Waals surface area contributed by atoms with Crippen LogP contribution in [-0.2, 0) is 42.7 Å². The SMILES string of the molecule is C[C](C)=[Hf]([CH3])([CH3])([CH]1C=Cc2c(-c3cc(C(F)(F)F)cc(C(F)(F)F)c3)cccc21)[CH]1C=Cc2c(-c3cc(C(F)(F)F)cc(C(F)(F)F)c3)cccc21. The Morgan fingerprint density at radius 3 is 1.06 bits per heavy atom. The molecule has 2 aliphatic carbocycles. The molecule has 0 nitrogen and oxygen atoms in total. The van der Waals surface area contributed by atoms with Gasteiger partial charge in [0.1, 0.15) is 0 Å². The standard InChI is InChI=1S/2C17H9F6.C3H6.2CH3.Hf/c2*18-16(19,20)12-7-11(8-13(9-12)17(21,22)23)15-6-2-4-10-3-1-5-14(10)15;1-3-2;;;/h2*1-9H;1-2H3;2*1H3;. The van der Waals surface area contributed by atoms with Gasteiger partial charge in [0.2, 0.25) is 0 Å². The van der Waals surface area contributed by atoms with E-state index >= 15 is 0 Å². The van der Waals surface area contributed by atoms with E-state index in [0.717, 1.165) is 14.4 Å².